The molecule has 5 nitrogen and oxygen atoms in total. The van der Waals surface area contributed by atoms with Crippen LogP contribution in [0.1, 0.15) is 0 Å². The quantitative estimate of drug-likeness (QED) is 0.166. The lowest BCUT2D eigenvalue weighted by Gasteiger charge is -2.25. The maximum absolute atomic E-state index is 6.63. The Labute approximate surface area is 312 Å². The summed E-state index contributed by atoms with van der Waals surface area (Å²) < 4.78 is 6.63. The summed E-state index contributed by atoms with van der Waals surface area (Å²) in [5.41, 5.74) is 9.70. The summed E-state index contributed by atoms with van der Waals surface area (Å²) in [6.45, 7) is 0. The molecule has 2 aromatic heterocycles. The number of hydrogen-bond donors (Lipinski definition) is 0. The van der Waals surface area contributed by atoms with Crippen LogP contribution in [0, 0.1) is 0 Å². The van der Waals surface area contributed by atoms with Crippen molar-refractivity contribution in [2.45, 2.75) is 0 Å². The first kappa shape index (κ1) is 31.4. The molecule has 10 aromatic rings. The van der Waals surface area contributed by atoms with Gasteiger partial charge < -0.3 is 9.32 Å². The van der Waals surface area contributed by atoms with Crippen LogP contribution in [0.3, 0.4) is 0 Å². The van der Waals surface area contributed by atoms with Gasteiger partial charge in [0.2, 0.25) is 0 Å². The Balaban J connectivity index is 1.11. The van der Waals surface area contributed by atoms with Crippen LogP contribution in [0.25, 0.3) is 78.0 Å². The third-order valence-electron chi connectivity index (χ3n) is 9.90. The van der Waals surface area contributed by atoms with E-state index in [9.17, 15) is 0 Å². The number of benzene rings is 8. The molecule has 0 spiro atoms. The van der Waals surface area contributed by atoms with Crippen LogP contribution >= 0.6 is 0 Å². The standard InChI is InChI=1S/C49H32N4O/c1-4-13-33(14-5-1)35-23-25-37(26-24-35)48-50-47(36-16-6-2-7-17-36)51-49(52-48)43-21-12-22-44-46(43)42-30-29-41(32-45(42)54-44)53(39-19-8-3-9-20-39)40-28-27-34-15-10-11-18-38(34)31-40/h1-32H. The second-order valence-corrected chi connectivity index (χ2v) is 13.3. The largest absolute Gasteiger partial charge is 0.456 e. The van der Waals surface area contributed by atoms with E-state index in [1.807, 2.05) is 54.6 Å². The molecule has 0 saturated carbocycles. The zero-order valence-electron chi connectivity index (χ0n) is 29.2. The minimum absolute atomic E-state index is 0.588. The third kappa shape index (κ3) is 5.74. The molecule has 0 radical (unpaired) electrons. The molecule has 0 bridgehead atoms. The predicted octanol–water partition coefficient (Wildman–Crippen LogP) is 13.1. The van der Waals surface area contributed by atoms with E-state index in [1.165, 1.54) is 10.8 Å². The highest BCUT2D eigenvalue weighted by Crippen LogP contribution is 2.41. The van der Waals surface area contributed by atoms with Crippen LogP contribution in [-0.2, 0) is 0 Å². The highest BCUT2D eigenvalue weighted by atomic mass is 16.3. The van der Waals surface area contributed by atoms with Gasteiger partial charge in [-0.25, -0.2) is 15.0 Å². The molecule has 2 heterocycles. The minimum atomic E-state index is 0.588. The monoisotopic (exact) mass is 692 g/mol. The molecule has 0 aliphatic heterocycles. The van der Waals surface area contributed by atoms with Crippen molar-refractivity contribution in [2.75, 3.05) is 4.90 Å². The summed E-state index contributed by atoms with van der Waals surface area (Å²) in [7, 11) is 0. The van der Waals surface area contributed by atoms with Crippen molar-refractivity contribution in [1.29, 1.82) is 0 Å². The predicted molar refractivity (Wildman–Crippen MR) is 221 cm³/mol. The summed E-state index contributed by atoms with van der Waals surface area (Å²) in [6.07, 6.45) is 0. The second-order valence-electron chi connectivity index (χ2n) is 13.3. The fraction of sp³-hybridized carbons (Fsp3) is 0. The average Bonchev–Trinajstić information content (AvgIpc) is 3.63. The normalized spacial score (nSPS) is 11.3. The van der Waals surface area contributed by atoms with E-state index < -0.39 is 0 Å². The van der Waals surface area contributed by atoms with E-state index >= 15 is 0 Å². The number of furan rings is 1. The van der Waals surface area contributed by atoms with Crippen molar-refractivity contribution in [3.8, 4) is 45.3 Å². The van der Waals surface area contributed by atoms with Gasteiger partial charge in [-0.05, 0) is 64.4 Å². The number of nitrogens with zero attached hydrogens (tertiary/aromatic N) is 4. The molecule has 0 N–H and O–H groups in total. The molecule has 5 heteroatoms. The van der Waals surface area contributed by atoms with E-state index in [4.69, 9.17) is 19.4 Å². The van der Waals surface area contributed by atoms with Crippen molar-refractivity contribution >= 4 is 49.8 Å². The molecule has 0 unspecified atom stereocenters. The summed E-state index contributed by atoms with van der Waals surface area (Å²) in [5, 5.41) is 4.35. The van der Waals surface area contributed by atoms with Crippen LogP contribution in [0.15, 0.2) is 199 Å². The molecule has 0 aliphatic rings. The lowest BCUT2D eigenvalue weighted by molar-refractivity contribution is 0.669. The van der Waals surface area contributed by atoms with Crippen molar-refractivity contribution in [3.05, 3.63) is 194 Å². The van der Waals surface area contributed by atoms with Gasteiger partial charge in [-0.15, -0.1) is 0 Å². The van der Waals surface area contributed by atoms with Gasteiger partial charge in [0.15, 0.2) is 17.5 Å². The van der Waals surface area contributed by atoms with Gasteiger partial charge in [0.1, 0.15) is 11.2 Å². The lowest BCUT2D eigenvalue weighted by Crippen LogP contribution is -2.09. The number of fused-ring (bicyclic) bond motifs is 4. The van der Waals surface area contributed by atoms with Crippen molar-refractivity contribution in [1.82, 2.24) is 15.0 Å². The Morgan fingerprint density at radius 3 is 1.65 bits per heavy atom. The van der Waals surface area contributed by atoms with Crippen LogP contribution < -0.4 is 4.90 Å². The third-order valence-corrected chi connectivity index (χ3v) is 9.90. The van der Waals surface area contributed by atoms with Gasteiger partial charge in [0.05, 0.1) is 0 Å². The van der Waals surface area contributed by atoms with Crippen molar-refractivity contribution < 1.29 is 4.42 Å². The molecule has 10 rings (SSSR count). The Hall–Kier alpha value is -7.37. The first-order chi connectivity index (χ1) is 26.7. The molecule has 0 fully saturated rings. The number of anilines is 3. The average molecular weight is 693 g/mol. The van der Waals surface area contributed by atoms with E-state index in [-0.39, 0.29) is 0 Å². The molecule has 54 heavy (non-hydrogen) atoms. The molecule has 0 aliphatic carbocycles. The van der Waals surface area contributed by atoms with Gasteiger partial charge in [-0.1, -0.05) is 146 Å². The lowest BCUT2D eigenvalue weighted by atomic mass is 10.0. The van der Waals surface area contributed by atoms with Crippen LogP contribution in [0.5, 0.6) is 0 Å². The first-order valence-corrected chi connectivity index (χ1v) is 18.0. The summed E-state index contributed by atoms with van der Waals surface area (Å²) in [5.74, 6) is 1.81. The van der Waals surface area contributed by atoms with Crippen molar-refractivity contribution in [3.63, 3.8) is 0 Å². The van der Waals surface area contributed by atoms with Gasteiger partial charge in [-0.3, -0.25) is 0 Å². The van der Waals surface area contributed by atoms with E-state index in [2.05, 4.69) is 144 Å². The van der Waals surface area contributed by atoms with Crippen LogP contribution in [0.4, 0.5) is 17.1 Å². The molecule has 254 valence electrons. The molecule has 0 amide bonds. The first-order valence-electron chi connectivity index (χ1n) is 18.0. The molecular weight excluding hydrogens is 661 g/mol. The van der Waals surface area contributed by atoms with Gasteiger partial charge >= 0.3 is 0 Å². The second kappa shape index (κ2) is 13.3. The zero-order chi connectivity index (χ0) is 35.8. The SMILES string of the molecule is c1ccc(-c2ccc(-c3nc(-c4ccccc4)nc(-c4cccc5oc6cc(N(c7ccccc7)c7ccc8ccccc8c7)ccc6c45)n3)cc2)cc1. The maximum Gasteiger partial charge on any atom is 0.164 e. The van der Waals surface area contributed by atoms with E-state index in [0.717, 1.165) is 66.8 Å². The summed E-state index contributed by atoms with van der Waals surface area (Å²) in [6, 6.07) is 66.9. The Bertz CT molecular complexity index is 2920. The van der Waals surface area contributed by atoms with Gasteiger partial charge in [0.25, 0.3) is 0 Å². The van der Waals surface area contributed by atoms with E-state index in [1.54, 1.807) is 0 Å². The zero-order valence-corrected chi connectivity index (χ0v) is 29.2. The number of para-hydroxylation sites is 1. The Morgan fingerprint density at radius 1 is 0.352 bits per heavy atom. The number of hydrogen-bond acceptors (Lipinski definition) is 5. The fourth-order valence-corrected chi connectivity index (χ4v) is 7.26. The van der Waals surface area contributed by atoms with Gasteiger partial charge in [-0.2, -0.15) is 0 Å². The smallest absolute Gasteiger partial charge is 0.164 e. The van der Waals surface area contributed by atoms with Crippen molar-refractivity contribution in [2.24, 2.45) is 0 Å². The summed E-state index contributed by atoms with van der Waals surface area (Å²) >= 11 is 0. The van der Waals surface area contributed by atoms with Crippen LogP contribution in [-0.4, -0.2) is 15.0 Å². The molecule has 0 saturated heterocycles. The number of aromatic nitrogens is 3. The molecule has 8 aromatic carbocycles. The minimum Gasteiger partial charge on any atom is -0.456 e. The number of rotatable bonds is 7. The Morgan fingerprint density at radius 2 is 0.907 bits per heavy atom. The molecular formula is C49H32N4O. The van der Waals surface area contributed by atoms with Gasteiger partial charge in [0, 0.05) is 50.6 Å². The fourth-order valence-electron chi connectivity index (χ4n) is 7.26. The highest BCUT2D eigenvalue weighted by Gasteiger charge is 2.20. The van der Waals surface area contributed by atoms with Crippen LogP contribution in [0.2, 0.25) is 0 Å². The Kier molecular flexibility index (Phi) is 7.73. The van der Waals surface area contributed by atoms with E-state index in [0.29, 0.717) is 17.5 Å². The molecule has 0 atom stereocenters. The summed E-state index contributed by atoms with van der Waals surface area (Å²) in [4.78, 5) is 17.5. The highest BCUT2D eigenvalue weighted by molar-refractivity contribution is 6.12. The topological polar surface area (TPSA) is 55.1 Å². The maximum atomic E-state index is 6.63.